The van der Waals surface area contributed by atoms with E-state index in [1.54, 1.807) is 6.07 Å². The second-order valence-corrected chi connectivity index (χ2v) is 4.72. The van der Waals surface area contributed by atoms with Crippen LogP contribution >= 0.6 is 0 Å². The summed E-state index contributed by atoms with van der Waals surface area (Å²) in [5.74, 6) is -0.0825. The Bertz CT molecular complexity index is 460. The van der Waals surface area contributed by atoms with Crippen molar-refractivity contribution in [1.82, 2.24) is 4.98 Å². The van der Waals surface area contributed by atoms with Crippen molar-refractivity contribution in [3.05, 3.63) is 17.8 Å². The minimum Gasteiger partial charge on any atom is -0.487 e. The molecule has 1 fully saturated rings. The van der Waals surface area contributed by atoms with Crippen LogP contribution in [0.2, 0.25) is 0 Å². The topological polar surface area (TPSA) is 91.7 Å². The summed E-state index contributed by atoms with van der Waals surface area (Å²) in [5.41, 5.74) is -0.0261. The van der Waals surface area contributed by atoms with E-state index in [9.17, 15) is 4.79 Å². The highest BCUT2D eigenvalue weighted by atomic mass is 16.5. The average molecular weight is 266 g/mol. The lowest BCUT2D eigenvalue weighted by Crippen LogP contribution is -2.19. The molecule has 1 aromatic heterocycles. The summed E-state index contributed by atoms with van der Waals surface area (Å²) in [5, 5.41) is 20.9. The van der Waals surface area contributed by atoms with E-state index in [4.69, 9.17) is 14.9 Å². The second-order valence-electron chi connectivity index (χ2n) is 4.72. The lowest BCUT2D eigenvalue weighted by molar-refractivity contribution is 0.0690. The van der Waals surface area contributed by atoms with E-state index >= 15 is 0 Å². The van der Waals surface area contributed by atoms with E-state index in [2.05, 4.69) is 10.3 Å². The molecule has 0 radical (unpaired) electrons. The Labute approximate surface area is 111 Å². The van der Waals surface area contributed by atoms with E-state index in [1.165, 1.54) is 6.07 Å². The van der Waals surface area contributed by atoms with Crippen molar-refractivity contribution in [3.63, 3.8) is 0 Å². The van der Waals surface area contributed by atoms with Gasteiger partial charge in [0.25, 0.3) is 0 Å². The van der Waals surface area contributed by atoms with Crippen LogP contribution in [0.1, 0.15) is 36.7 Å². The van der Waals surface area contributed by atoms with Gasteiger partial charge in [-0.1, -0.05) is 0 Å². The number of nitrogens with zero attached hydrogens (tertiary/aromatic N) is 1. The molecule has 0 aliphatic heterocycles. The van der Waals surface area contributed by atoms with Crippen LogP contribution in [0.4, 0.5) is 5.82 Å². The van der Waals surface area contributed by atoms with Crippen LogP contribution < -0.4 is 10.1 Å². The van der Waals surface area contributed by atoms with E-state index in [0.717, 1.165) is 12.8 Å². The molecule has 0 aromatic carbocycles. The van der Waals surface area contributed by atoms with Gasteiger partial charge in [-0.3, -0.25) is 0 Å². The number of carboxylic acid groups (broad SMARTS) is 1. The fourth-order valence-electron chi connectivity index (χ4n) is 1.63. The van der Waals surface area contributed by atoms with Crippen molar-refractivity contribution < 1.29 is 19.7 Å². The van der Waals surface area contributed by atoms with Gasteiger partial charge < -0.3 is 20.3 Å². The van der Waals surface area contributed by atoms with Crippen LogP contribution in [-0.4, -0.2) is 39.9 Å². The normalized spacial score (nSPS) is 15.9. The Morgan fingerprint density at radius 3 is 2.89 bits per heavy atom. The molecule has 1 aromatic rings. The molecule has 0 amide bonds. The van der Waals surface area contributed by atoms with E-state index < -0.39 is 5.97 Å². The number of hydrogen-bond donors (Lipinski definition) is 3. The summed E-state index contributed by atoms with van der Waals surface area (Å²) in [6.07, 6.45) is 2.81. The lowest BCUT2D eigenvalue weighted by Gasteiger charge is -2.17. The van der Waals surface area contributed by atoms with Gasteiger partial charge in [-0.2, -0.15) is 0 Å². The number of aromatic nitrogens is 1. The minimum absolute atomic E-state index is 0.0110. The number of pyridine rings is 1. The number of anilines is 1. The summed E-state index contributed by atoms with van der Waals surface area (Å²) < 4.78 is 5.69. The van der Waals surface area contributed by atoms with E-state index in [-0.39, 0.29) is 24.4 Å². The maximum atomic E-state index is 10.9. The molecule has 19 heavy (non-hydrogen) atoms. The predicted octanol–water partition coefficient (Wildman–Crippen LogP) is 1.50. The van der Waals surface area contributed by atoms with Gasteiger partial charge in [0.05, 0.1) is 6.10 Å². The van der Waals surface area contributed by atoms with E-state index in [1.807, 2.05) is 6.92 Å². The van der Waals surface area contributed by atoms with Gasteiger partial charge in [-0.25, -0.2) is 9.78 Å². The molecule has 6 heteroatoms. The summed E-state index contributed by atoms with van der Waals surface area (Å²) in [4.78, 5) is 15.0. The van der Waals surface area contributed by atoms with Crippen LogP contribution in [0.25, 0.3) is 0 Å². The zero-order chi connectivity index (χ0) is 13.8. The first kappa shape index (κ1) is 13.6. The molecule has 1 aliphatic rings. The molecule has 1 atom stereocenters. The van der Waals surface area contributed by atoms with Crippen molar-refractivity contribution >= 4 is 11.8 Å². The van der Waals surface area contributed by atoms with Crippen LogP contribution in [0.3, 0.4) is 0 Å². The molecule has 104 valence electrons. The number of carbonyl (C=O) groups is 1. The smallest absolute Gasteiger partial charge is 0.354 e. The Morgan fingerprint density at radius 2 is 2.32 bits per heavy atom. The summed E-state index contributed by atoms with van der Waals surface area (Å²) in [6, 6.07) is 3.05. The Morgan fingerprint density at radius 1 is 1.58 bits per heavy atom. The fraction of sp³-hybridized carbons (Fsp3) is 0.538. The highest BCUT2D eigenvalue weighted by molar-refractivity contribution is 5.86. The maximum absolute atomic E-state index is 10.9. The van der Waals surface area contributed by atoms with Crippen LogP contribution in [0.5, 0.6) is 5.75 Å². The molecule has 1 unspecified atom stereocenters. The van der Waals surface area contributed by atoms with Crippen molar-refractivity contribution in [2.24, 2.45) is 0 Å². The number of aromatic carboxylic acids is 1. The third-order valence-electron chi connectivity index (χ3n) is 2.84. The van der Waals surface area contributed by atoms with Crippen LogP contribution in [0.15, 0.2) is 12.1 Å². The lowest BCUT2D eigenvalue weighted by atomic mass is 10.2. The molecule has 0 bridgehead atoms. The van der Waals surface area contributed by atoms with E-state index in [0.29, 0.717) is 18.0 Å². The van der Waals surface area contributed by atoms with Gasteiger partial charge in [-0.05, 0) is 38.3 Å². The fourth-order valence-corrected chi connectivity index (χ4v) is 1.63. The van der Waals surface area contributed by atoms with Gasteiger partial charge >= 0.3 is 5.97 Å². The highest BCUT2D eigenvalue weighted by Gasteiger charge is 2.25. The van der Waals surface area contributed by atoms with Gasteiger partial charge in [0.15, 0.2) is 17.3 Å². The molecule has 3 N–H and O–H groups in total. The molecule has 1 heterocycles. The number of aliphatic hydroxyl groups is 1. The first-order chi connectivity index (χ1) is 9.10. The first-order valence-electron chi connectivity index (χ1n) is 6.38. The number of hydrogen-bond acceptors (Lipinski definition) is 5. The average Bonchev–Trinajstić information content (AvgIpc) is 3.15. The quantitative estimate of drug-likeness (QED) is 0.692. The standard InChI is InChI=1S/C13H18N2O4/c1-8(6-7-16)14-12-11(19-9-2-3-9)5-4-10(15-12)13(17)18/h4-5,8-9,16H,2-3,6-7H2,1H3,(H,14,15)(H,17,18). The van der Waals surface area contributed by atoms with Crippen molar-refractivity contribution in [1.29, 1.82) is 0 Å². The molecular formula is C13H18N2O4. The van der Waals surface area contributed by atoms with Gasteiger partial charge in [0.2, 0.25) is 0 Å². The zero-order valence-electron chi connectivity index (χ0n) is 10.8. The zero-order valence-corrected chi connectivity index (χ0v) is 10.8. The Hall–Kier alpha value is -1.82. The molecule has 6 nitrogen and oxygen atoms in total. The molecule has 2 rings (SSSR count). The summed E-state index contributed by atoms with van der Waals surface area (Å²) in [6.45, 7) is 1.96. The second kappa shape index (κ2) is 5.88. The van der Waals surface area contributed by atoms with Gasteiger partial charge in [-0.15, -0.1) is 0 Å². The number of rotatable bonds is 7. The number of nitrogens with one attached hydrogen (secondary N) is 1. The third kappa shape index (κ3) is 3.82. The van der Waals surface area contributed by atoms with Crippen LogP contribution in [0, 0.1) is 0 Å². The molecule has 0 spiro atoms. The number of ether oxygens (including phenoxy) is 1. The highest BCUT2D eigenvalue weighted by Crippen LogP contribution is 2.31. The molecule has 0 saturated heterocycles. The molecular weight excluding hydrogens is 248 g/mol. The summed E-state index contributed by atoms with van der Waals surface area (Å²) in [7, 11) is 0. The first-order valence-corrected chi connectivity index (χ1v) is 6.38. The number of carboxylic acids is 1. The van der Waals surface area contributed by atoms with Crippen molar-refractivity contribution in [3.8, 4) is 5.75 Å². The molecule has 1 aliphatic carbocycles. The largest absolute Gasteiger partial charge is 0.487 e. The van der Waals surface area contributed by atoms with Crippen molar-refractivity contribution in [2.45, 2.75) is 38.3 Å². The van der Waals surface area contributed by atoms with Crippen molar-refractivity contribution in [2.75, 3.05) is 11.9 Å². The minimum atomic E-state index is -1.07. The Kier molecular flexibility index (Phi) is 4.21. The predicted molar refractivity (Wildman–Crippen MR) is 69.6 cm³/mol. The van der Waals surface area contributed by atoms with Gasteiger partial charge in [0.1, 0.15) is 0 Å². The maximum Gasteiger partial charge on any atom is 0.354 e. The number of aliphatic hydroxyl groups excluding tert-OH is 1. The van der Waals surface area contributed by atoms with Crippen LogP contribution in [-0.2, 0) is 0 Å². The summed E-state index contributed by atoms with van der Waals surface area (Å²) >= 11 is 0. The Balaban J connectivity index is 2.18. The monoisotopic (exact) mass is 266 g/mol. The van der Waals surface area contributed by atoms with Gasteiger partial charge in [0, 0.05) is 12.6 Å². The third-order valence-corrected chi connectivity index (χ3v) is 2.84. The molecule has 1 saturated carbocycles. The SMILES string of the molecule is CC(CCO)Nc1nc(C(=O)O)ccc1OC1CC1.